The number of H-pyrrole nitrogens is 1. The predicted molar refractivity (Wildman–Crippen MR) is 99.8 cm³/mol. The van der Waals surface area contributed by atoms with Gasteiger partial charge in [-0.25, -0.2) is 4.98 Å². The SMILES string of the molecule is CN(Cc1nccn1Cc1ccccc1)C(=O)CCc1cn[nH]c1.O=CO. The number of carbonyl (C=O) groups excluding carboxylic acids is 1. The molecule has 3 rings (SSSR count). The second-order valence-electron chi connectivity index (χ2n) is 5.92. The van der Waals surface area contributed by atoms with Crippen LogP contribution in [0.1, 0.15) is 23.4 Å². The molecule has 0 unspecified atom stereocenters. The van der Waals surface area contributed by atoms with Crippen molar-refractivity contribution in [2.45, 2.75) is 25.9 Å². The molecule has 8 heteroatoms. The first-order valence-corrected chi connectivity index (χ1v) is 8.47. The first-order valence-electron chi connectivity index (χ1n) is 8.47. The Morgan fingerprint density at radius 2 is 2.04 bits per heavy atom. The highest BCUT2D eigenvalue weighted by atomic mass is 16.3. The van der Waals surface area contributed by atoms with Gasteiger partial charge in [0.05, 0.1) is 12.7 Å². The number of imidazole rings is 1. The number of aromatic nitrogens is 4. The quantitative estimate of drug-likeness (QED) is 0.620. The number of hydrogen-bond donors (Lipinski definition) is 2. The number of nitrogens with zero attached hydrogens (tertiary/aromatic N) is 4. The fourth-order valence-corrected chi connectivity index (χ4v) is 2.57. The van der Waals surface area contributed by atoms with Crippen molar-refractivity contribution in [3.05, 3.63) is 72.1 Å². The molecule has 27 heavy (non-hydrogen) atoms. The van der Waals surface area contributed by atoms with Crippen LogP contribution < -0.4 is 0 Å². The van der Waals surface area contributed by atoms with Crippen molar-refractivity contribution in [3.63, 3.8) is 0 Å². The van der Waals surface area contributed by atoms with Crippen LogP contribution in [0.5, 0.6) is 0 Å². The zero-order valence-corrected chi connectivity index (χ0v) is 15.2. The summed E-state index contributed by atoms with van der Waals surface area (Å²) < 4.78 is 2.08. The summed E-state index contributed by atoms with van der Waals surface area (Å²) in [5.74, 6) is 0.989. The maximum atomic E-state index is 12.3. The summed E-state index contributed by atoms with van der Waals surface area (Å²) in [4.78, 5) is 26.8. The summed E-state index contributed by atoms with van der Waals surface area (Å²) in [6, 6.07) is 10.2. The van der Waals surface area contributed by atoms with Crippen molar-refractivity contribution in [1.29, 1.82) is 0 Å². The van der Waals surface area contributed by atoms with Crippen LogP contribution in [0.25, 0.3) is 0 Å². The maximum Gasteiger partial charge on any atom is 0.290 e. The van der Waals surface area contributed by atoms with E-state index in [1.807, 2.05) is 37.6 Å². The monoisotopic (exact) mass is 369 g/mol. The van der Waals surface area contributed by atoms with Gasteiger partial charge in [-0.05, 0) is 17.5 Å². The van der Waals surface area contributed by atoms with Crippen molar-refractivity contribution in [1.82, 2.24) is 24.6 Å². The molecule has 1 amide bonds. The van der Waals surface area contributed by atoms with E-state index < -0.39 is 0 Å². The lowest BCUT2D eigenvalue weighted by Crippen LogP contribution is -2.28. The number of carbonyl (C=O) groups is 2. The Bertz CT molecular complexity index is 815. The average molecular weight is 369 g/mol. The molecule has 8 nitrogen and oxygen atoms in total. The number of hydrogen-bond acceptors (Lipinski definition) is 4. The Labute approximate surface area is 157 Å². The molecule has 0 fully saturated rings. The van der Waals surface area contributed by atoms with E-state index in [1.165, 1.54) is 5.56 Å². The fraction of sp³-hybridized carbons (Fsp3) is 0.263. The van der Waals surface area contributed by atoms with Crippen LogP contribution in [-0.4, -0.2) is 49.2 Å². The first kappa shape index (κ1) is 19.9. The summed E-state index contributed by atoms with van der Waals surface area (Å²) in [5, 5.41) is 13.5. The molecule has 142 valence electrons. The predicted octanol–water partition coefficient (Wildman–Crippen LogP) is 1.95. The number of benzene rings is 1. The van der Waals surface area contributed by atoms with E-state index in [0.717, 1.165) is 17.9 Å². The van der Waals surface area contributed by atoms with Gasteiger partial charge in [-0.3, -0.25) is 14.7 Å². The highest BCUT2D eigenvalue weighted by Gasteiger charge is 2.13. The van der Waals surface area contributed by atoms with Gasteiger partial charge in [-0.15, -0.1) is 0 Å². The Hall–Kier alpha value is -3.42. The van der Waals surface area contributed by atoms with E-state index in [0.29, 0.717) is 19.4 Å². The summed E-state index contributed by atoms with van der Waals surface area (Å²) in [5.41, 5.74) is 2.26. The Morgan fingerprint density at radius 1 is 1.30 bits per heavy atom. The number of aromatic amines is 1. The van der Waals surface area contributed by atoms with Gasteiger partial charge in [0.1, 0.15) is 5.82 Å². The molecule has 0 radical (unpaired) electrons. The number of rotatable bonds is 7. The number of carboxylic acid groups (broad SMARTS) is 1. The molecule has 0 saturated carbocycles. The molecule has 0 aliphatic carbocycles. The van der Waals surface area contributed by atoms with E-state index in [-0.39, 0.29) is 12.4 Å². The van der Waals surface area contributed by atoms with Gasteiger partial charge in [0.25, 0.3) is 6.47 Å². The molecule has 1 aromatic carbocycles. The van der Waals surface area contributed by atoms with E-state index >= 15 is 0 Å². The van der Waals surface area contributed by atoms with Gasteiger partial charge in [-0.1, -0.05) is 30.3 Å². The minimum absolute atomic E-state index is 0.102. The minimum Gasteiger partial charge on any atom is -0.483 e. The van der Waals surface area contributed by atoms with Crippen LogP contribution >= 0.6 is 0 Å². The molecule has 0 spiro atoms. The van der Waals surface area contributed by atoms with Crippen molar-refractivity contribution < 1.29 is 14.7 Å². The highest BCUT2D eigenvalue weighted by Crippen LogP contribution is 2.09. The largest absolute Gasteiger partial charge is 0.483 e. The molecule has 0 saturated heterocycles. The fourth-order valence-electron chi connectivity index (χ4n) is 2.57. The molecule has 2 aromatic heterocycles. The van der Waals surface area contributed by atoms with E-state index in [9.17, 15) is 4.79 Å². The lowest BCUT2D eigenvalue weighted by Gasteiger charge is -2.17. The molecule has 0 atom stereocenters. The zero-order chi connectivity index (χ0) is 19.5. The second kappa shape index (κ2) is 10.5. The smallest absolute Gasteiger partial charge is 0.290 e. The Morgan fingerprint density at radius 3 is 2.70 bits per heavy atom. The number of nitrogens with one attached hydrogen (secondary N) is 1. The normalized spacial score (nSPS) is 9.96. The third-order valence-electron chi connectivity index (χ3n) is 3.98. The minimum atomic E-state index is -0.250. The van der Waals surface area contributed by atoms with Crippen LogP contribution in [0.4, 0.5) is 0 Å². The summed E-state index contributed by atoms with van der Waals surface area (Å²) in [6.45, 7) is 1.01. The molecule has 0 aliphatic rings. The third-order valence-corrected chi connectivity index (χ3v) is 3.98. The van der Waals surface area contributed by atoms with Crippen molar-refractivity contribution in [3.8, 4) is 0 Å². The molecule has 2 N–H and O–H groups in total. The lowest BCUT2D eigenvalue weighted by atomic mass is 10.2. The van der Waals surface area contributed by atoms with Crippen molar-refractivity contribution in [2.75, 3.05) is 7.05 Å². The summed E-state index contributed by atoms with van der Waals surface area (Å²) in [7, 11) is 1.82. The topological polar surface area (TPSA) is 104 Å². The lowest BCUT2D eigenvalue weighted by molar-refractivity contribution is -0.130. The number of amides is 1. The van der Waals surface area contributed by atoms with Gasteiger partial charge in [-0.2, -0.15) is 5.10 Å². The average Bonchev–Trinajstić information content (AvgIpc) is 3.34. The van der Waals surface area contributed by atoms with Gasteiger partial charge >= 0.3 is 0 Å². The van der Waals surface area contributed by atoms with Gasteiger partial charge in [0.15, 0.2) is 0 Å². The van der Waals surface area contributed by atoms with Crippen LogP contribution in [0.2, 0.25) is 0 Å². The van der Waals surface area contributed by atoms with Crippen LogP contribution in [-0.2, 0) is 29.1 Å². The third kappa shape index (κ3) is 6.43. The van der Waals surface area contributed by atoms with Gasteiger partial charge < -0.3 is 14.6 Å². The van der Waals surface area contributed by atoms with Crippen molar-refractivity contribution >= 4 is 12.4 Å². The van der Waals surface area contributed by atoms with Crippen LogP contribution in [0.15, 0.2) is 55.1 Å². The zero-order valence-electron chi connectivity index (χ0n) is 15.2. The Balaban J connectivity index is 0.000000817. The number of aryl methyl sites for hydroxylation is 1. The van der Waals surface area contributed by atoms with Gasteiger partial charge in [0, 0.05) is 38.6 Å². The maximum absolute atomic E-state index is 12.3. The summed E-state index contributed by atoms with van der Waals surface area (Å²) >= 11 is 0. The van der Waals surface area contributed by atoms with E-state index in [1.54, 1.807) is 17.3 Å². The van der Waals surface area contributed by atoms with E-state index in [2.05, 4.69) is 31.9 Å². The Kier molecular flexibility index (Phi) is 7.77. The van der Waals surface area contributed by atoms with E-state index in [4.69, 9.17) is 9.90 Å². The molecular weight excluding hydrogens is 346 g/mol. The molecule has 0 bridgehead atoms. The highest BCUT2D eigenvalue weighted by molar-refractivity contribution is 5.76. The van der Waals surface area contributed by atoms with Crippen LogP contribution in [0.3, 0.4) is 0 Å². The molecular formula is C19H23N5O3. The van der Waals surface area contributed by atoms with Gasteiger partial charge in [0.2, 0.25) is 5.91 Å². The van der Waals surface area contributed by atoms with Crippen LogP contribution in [0, 0.1) is 0 Å². The summed E-state index contributed by atoms with van der Waals surface area (Å²) in [6.07, 6.45) is 8.46. The molecule has 0 aliphatic heterocycles. The molecule has 2 heterocycles. The molecule has 3 aromatic rings. The standard InChI is InChI=1S/C18H21N5O.CH2O2/c1-22(18(24)8-7-16-11-20-21-12-16)14-17-19-9-10-23(17)13-15-5-3-2-4-6-15;2-1-3/h2-6,9-12H,7-8,13-14H2,1H3,(H,20,21);1H,(H,2,3). The van der Waals surface area contributed by atoms with Crippen molar-refractivity contribution in [2.24, 2.45) is 0 Å². The second-order valence-corrected chi connectivity index (χ2v) is 5.92. The first-order chi connectivity index (χ1) is 13.1.